The Hall–Kier alpha value is -3.43. The Kier molecular flexibility index (Phi) is 4.15. The van der Waals surface area contributed by atoms with Gasteiger partial charge < -0.3 is 4.42 Å². The minimum Gasteiger partial charge on any atom is -0.436 e. The zero-order valence-electron chi connectivity index (χ0n) is 14.8. The quantitative estimate of drug-likeness (QED) is 0.313. The standard InChI is InChI=1S/C24H15ClN2O/c25-20-9-5-16(6-10-20)15-26-21-11-12-22-23(14-21)28-24(27-22)19-8-7-17-3-1-2-4-18(17)13-19/h1-15H. The lowest BCUT2D eigenvalue weighted by Gasteiger charge is -1.99. The molecule has 134 valence electrons. The predicted molar refractivity (Wildman–Crippen MR) is 116 cm³/mol. The number of benzene rings is 4. The SMILES string of the molecule is Clc1ccc(C=Nc2ccc3nc(-c4ccc5ccccc5c4)oc3c2)cc1. The molecule has 5 aromatic rings. The number of rotatable bonds is 3. The maximum Gasteiger partial charge on any atom is 0.227 e. The molecule has 0 aliphatic heterocycles. The van der Waals surface area contributed by atoms with Crippen LogP contribution in [0.15, 0.2) is 94.3 Å². The van der Waals surface area contributed by atoms with Gasteiger partial charge in [-0.3, -0.25) is 4.99 Å². The Bertz CT molecular complexity index is 1320. The molecule has 0 aliphatic carbocycles. The lowest BCUT2D eigenvalue weighted by atomic mass is 10.1. The van der Waals surface area contributed by atoms with E-state index in [1.165, 1.54) is 5.39 Å². The first kappa shape index (κ1) is 16.7. The Morgan fingerprint density at radius 2 is 1.64 bits per heavy atom. The Morgan fingerprint density at radius 1 is 0.821 bits per heavy atom. The van der Waals surface area contributed by atoms with E-state index in [0.29, 0.717) is 16.5 Å². The molecule has 0 radical (unpaired) electrons. The molecule has 0 N–H and O–H groups in total. The molecular formula is C24H15ClN2O. The highest BCUT2D eigenvalue weighted by molar-refractivity contribution is 6.30. The van der Waals surface area contributed by atoms with Crippen LogP contribution >= 0.6 is 11.6 Å². The van der Waals surface area contributed by atoms with Gasteiger partial charge in [0.2, 0.25) is 5.89 Å². The third kappa shape index (κ3) is 3.28. The van der Waals surface area contributed by atoms with E-state index in [0.717, 1.165) is 27.7 Å². The van der Waals surface area contributed by atoms with Crippen molar-refractivity contribution in [3.8, 4) is 11.5 Å². The van der Waals surface area contributed by atoms with E-state index in [9.17, 15) is 0 Å². The summed E-state index contributed by atoms with van der Waals surface area (Å²) in [5.41, 5.74) is 4.28. The van der Waals surface area contributed by atoms with E-state index in [2.05, 4.69) is 34.2 Å². The van der Waals surface area contributed by atoms with E-state index >= 15 is 0 Å². The highest BCUT2D eigenvalue weighted by Crippen LogP contribution is 2.29. The smallest absolute Gasteiger partial charge is 0.227 e. The predicted octanol–water partition coefficient (Wildman–Crippen LogP) is 7.05. The summed E-state index contributed by atoms with van der Waals surface area (Å²) in [6.45, 7) is 0. The highest BCUT2D eigenvalue weighted by Gasteiger charge is 2.09. The summed E-state index contributed by atoms with van der Waals surface area (Å²) < 4.78 is 6.01. The first-order valence-electron chi connectivity index (χ1n) is 8.94. The molecule has 4 aromatic carbocycles. The van der Waals surface area contributed by atoms with Crippen LogP contribution in [-0.2, 0) is 0 Å². The number of nitrogens with zero attached hydrogens (tertiary/aromatic N) is 2. The fraction of sp³-hybridized carbons (Fsp3) is 0. The van der Waals surface area contributed by atoms with Crippen molar-refractivity contribution >= 4 is 45.4 Å². The second-order valence-electron chi connectivity index (χ2n) is 6.54. The number of hydrogen-bond donors (Lipinski definition) is 0. The molecule has 0 saturated carbocycles. The van der Waals surface area contributed by atoms with Gasteiger partial charge in [0.1, 0.15) is 5.52 Å². The van der Waals surface area contributed by atoms with Crippen molar-refractivity contribution in [3.05, 3.63) is 95.5 Å². The number of fused-ring (bicyclic) bond motifs is 2. The lowest BCUT2D eigenvalue weighted by Crippen LogP contribution is -1.79. The van der Waals surface area contributed by atoms with Crippen LogP contribution in [0, 0.1) is 0 Å². The molecule has 0 saturated heterocycles. The van der Waals surface area contributed by atoms with E-state index < -0.39 is 0 Å². The van der Waals surface area contributed by atoms with Gasteiger partial charge in [-0.2, -0.15) is 0 Å². The molecule has 0 spiro atoms. The summed E-state index contributed by atoms with van der Waals surface area (Å²) in [6.07, 6.45) is 1.80. The molecule has 0 unspecified atom stereocenters. The van der Waals surface area contributed by atoms with Crippen LogP contribution in [0.3, 0.4) is 0 Å². The summed E-state index contributed by atoms with van der Waals surface area (Å²) in [7, 11) is 0. The van der Waals surface area contributed by atoms with Crippen LogP contribution in [-0.4, -0.2) is 11.2 Å². The number of aromatic nitrogens is 1. The molecule has 1 heterocycles. The Labute approximate surface area is 166 Å². The zero-order valence-corrected chi connectivity index (χ0v) is 15.6. The largest absolute Gasteiger partial charge is 0.436 e. The Morgan fingerprint density at radius 3 is 2.50 bits per heavy atom. The van der Waals surface area contributed by atoms with E-state index in [-0.39, 0.29) is 0 Å². The molecule has 0 amide bonds. The number of oxazole rings is 1. The third-order valence-electron chi connectivity index (χ3n) is 4.60. The molecule has 4 heteroatoms. The van der Waals surface area contributed by atoms with Gasteiger partial charge >= 0.3 is 0 Å². The summed E-state index contributed by atoms with van der Waals surface area (Å²) in [5, 5.41) is 3.07. The van der Waals surface area contributed by atoms with Crippen LogP contribution in [0.4, 0.5) is 5.69 Å². The first-order chi connectivity index (χ1) is 13.7. The third-order valence-corrected chi connectivity index (χ3v) is 4.85. The van der Waals surface area contributed by atoms with Crippen molar-refractivity contribution in [1.29, 1.82) is 0 Å². The normalized spacial score (nSPS) is 11.6. The summed E-state index contributed by atoms with van der Waals surface area (Å²) >= 11 is 5.92. The van der Waals surface area contributed by atoms with Crippen LogP contribution in [0.2, 0.25) is 5.02 Å². The molecule has 0 atom stereocenters. The highest BCUT2D eigenvalue weighted by atomic mass is 35.5. The lowest BCUT2D eigenvalue weighted by molar-refractivity contribution is 0.620. The zero-order chi connectivity index (χ0) is 18.9. The number of aliphatic imine (C=N–C) groups is 1. The van der Waals surface area contributed by atoms with Crippen LogP contribution in [0.1, 0.15) is 5.56 Å². The van der Waals surface area contributed by atoms with Gasteiger partial charge in [0.05, 0.1) is 5.69 Å². The second-order valence-corrected chi connectivity index (χ2v) is 6.98. The van der Waals surface area contributed by atoms with Gasteiger partial charge in [0, 0.05) is 22.9 Å². The summed E-state index contributed by atoms with van der Waals surface area (Å²) in [5.74, 6) is 0.611. The molecule has 1 aromatic heterocycles. The topological polar surface area (TPSA) is 38.4 Å². The second kappa shape index (κ2) is 6.95. The monoisotopic (exact) mass is 382 g/mol. The van der Waals surface area contributed by atoms with Gasteiger partial charge in [-0.1, -0.05) is 54.1 Å². The van der Waals surface area contributed by atoms with Crippen molar-refractivity contribution in [2.45, 2.75) is 0 Å². The molecule has 3 nitrogen and oxygen atoms in total. The molecule has 0 bridgehead atoms. The summed E-state index contributed by atoms with van der Waals surface area (Å²) in [6, 6.07) is 27.8. The van der Waals surface area contributed by atoms with Gasteiger partial charge in [0.15, 0.2) is 5.58 Å². The molecule has 5 rings (SSSR count). The van der Waals surface area contributed by atoms with Crippen molar-refractivity contribution in [2.24, 2.45) is 4.99 Å². The molecular weight excluding hydrogens is 368 g/mol. The fourth-order valence-corrected chi connectivity index (χ4v) is 3.26. The molecule has 28 heavy (non-hydrogen) atoms. The van der Waals surface area contributed by atoms with Gasteiger partial charge in [-0.15, -0.1) is 0 Å². The van der Waals surface area contributed by atoms with Crippen LogP contribution in [0.5, 0.6) is 0 Å². The minimum absolute atomic E-state index is 0.611. The van der Waals surface area contributed by atoms with Crippen molar-refractivity contribution in [3.63, 3.8) is 0 Å². The van der Waals surface area contributed by atoms with E-state index in [1.807, 2.05) is 60.7 Å². The number of halogens is 1. The van der Waals surface area contributed by atoms with Crippen LogP contribution < -0.4 is 0 Å². The van der Waals surface area contributed by atoms with Gasteiger partial charge in [-0.05, 0) is 52.7 Å². The average molecular weight is 383 g/mol. The number of hydrogen-bond acceptors (Lipinski definition) is 3. The van der Waals surface area contributed by atoms with Crippen molar-refractivity contribution < 1.29 is 4.42 Å². The van der Waals surface area contributed by atoms with Crippen LogP contribution in [0.25, 0.3) is 33.3 Å². The minimum atomic E-state index is 0.611. The van der Waals surface area contributed by atoms with Crippen molar-refractivity contribution in [1.82, 2.24) is 4.98 Å². The average Bonchev–Trinajstić information content (AvgIpc) is 3.16. The molecule has 0 aliphatic rings. The fourth-order valence-electron chi connectivity index (χ4n) is 3.14. The van der Waals surface area contributed by atoms with Crippen molar-refractivity contribution in [2.75, 3.05) is 0 Å². The van der Waals surface area contributed by atoms with E-state index in [1.54, 1.807) is 6.21 Å². The maximum atomic E-state index is 6.01. The molecule has 0 fully saturated rings. The maximum absolute atomic E-state index is 6.01. The van der Waals surface area contributed by atoms with Gasteiger partial charge in [0.25, 0.3) is 0 Å². The summed E-state index contributed by atoms with van der Waals surface area (Å²) in [4.78, 5) is 9.15. The van der Waals surface area contributed by atoms with Gasteiger partial charge in [-0.25, -0.2) is 4.98 Å². The first-order valence-corrected chi connectivity index (χ1v) is 9.32. The van der Waals surface area contributed by atoms with E-state index in [4.69, 9.17) is 16.0 Å². The Balaban J connectivity index is 1.48.